The third-order valence-electron chi connectivity index (χ3n) is 6.41. The summed E-state index contributed by atoms with van der Waals surface area (Å²) in [5.74, 6) is 1.16. The lowest BCUT2D eigenvalue weighted by Crippen LogP contribution is -2.46. The van der Waals surface area contributed by atoms with Crippen molar-refractivity contribution in [2.75, 3.05) is 18.0 Å². The Balaban J connectivity index is 1.50. The predicted molar refractivity (Wildman–Crippen MR) is 103 cm³/mol. The van der Waals surface area contributed by atoms with Crippen LogP contribution in [-0.4, -0.2) is 29.4 Å². The summed E-state index contributed by atoms with van der Waals surface area (Å²) >= 11 is 0. The molecule has 5 nitrogen and oxygen atoms in total. The highest BCUT2D eigenvalue weighted by Crippen LogP contribution is 2.54. The lowest BCUT2D eigenvalue weighted by Gasteiger charge is -2.45. The summed E-state index contributed by atoms with van der Waals surface area (Å²) in [4.78, 5) is 19.9. The predicted octanol–water partition coefficient (Wildman–Crippen LogP) is 4.41. The van der Waals surface area contributed by atoms with E-state index in [1.807, 2.05) is 6.07 Å². The number of carboxylic acid groups (broad SMARTS) is 1. The third-order valence-corrected chi connectivity index (χ3v) is 6.41. The molecule has 1 amide bonds. The van der Waals surface area contributed by atoms with Gasteiger partial charge in [-0.3, -0.25) is 4.84 Å². The van der Waals surface area contributed by atoms with Crippen molar-refractivity contribution in [3.63, 3.8) is 0 Å². The van der Waals surface area contributed by atoms with Gasteiger partial charge < -0.3 is 10.0 Å². The van der Waals surface area contributed by atoms with E-state index in [9.17, 15) is 9.90 Å². The summed E-state index contributed by atoms with van der Waals surface area (Å²) in [7, 11) is 0. The van der Waals surface area contributed by atoms with Crippen LogP contribution in [0.5, 0.6) is 0 Å². The zero-order valence-corrected chi connectivity index (χ0v) is 15.4. The first kappa shape index (κ1) is 16.6. The maximum Gasteiger partial charge on any atom is 0.431 e. The van der Waals surface area contributed by atoms with Crippen LogP contribution in [0.15, 0.2) is 48.5 Å². The monoisotopic (exact) mass is 364 g/mol. The van der Waals surface area contributed by atoms with Gasteiger partial charge in [0.05, 0.1) is 6.54 Å². The van der Waals surface area contributed by atoms with Crippen LogP contribution in [0.4, 0.5) is 10.5 Å². The second-order valence-electron chi connectivity index (χ2n) is 8.09. The first-order chi connectivity index (χ1) is 13.1. The summed E-state index contributed by atoms with van der Waals surface area (Å²) < 4.78 is 0. The van der Waals surface area contributed by atoms with Crippen LogP contribution >= 0.6 is 0 Å². The fourth-order valence-corrected chi connectivity index (χ4v) is 5.19. The molecule has 5 rings (SSSR count). The average molecular weight is 364 g/mol. The van der Waals surface area contributed by atoms with Crippen LogP contribution in [0, 0.1) is 11.8 Å². The maximum absolute atomic E-state index is 11.5. The molecule has 3 aliphatic rings. The zero-order chi connectivity index (χ0) is 18.5. The van der Waals surface area contributed by atoms with Crippen molar-refractivity contribution in [3.05, 3.63) is 65.2 Å². The Morgan fingerprint density at radius 3 is 2.74 bits per heavy atom. The van der Waals surface area contributed by atoms with Crippen molar-refractivity contribution in [1.82, 2.24) is 5.06 Å². The molecule has 0 aromatic heterocycles. The van der Waals surface area contributed by atoms with Crippen LogP contribution in [0.25, 0.3) is 0 Å². The molecule has 0 bridgehead atoms. The van der Waals surface area contributed by atoms with E-state index in [1.54, 1.807) is 0 Å². The topological polar surface area (TPSA) is 53.0 Å². The van der Waals surface area contributed by atoms with Gasteiger partial charge in [-0.25, -0.2) is 4.79 Å². The molecule has 0 saturated carbocycles. The number of fused-ring (bicyclic) bond motifs is 2. The van der Waals surface area contributed by atoms with Gasteiger partial charge in [-0.15, -0.1) is 0 Å². The number of anilines is 1. The maximum atomic E-state index is 11.5. The van der Waals surface area contributed by atoms with Crippen molar-refractivity contribution in [1.29, 1.82) is 0 Å². The normalized spacial score (nSPS) is 28.6. The molecule has 1 fully saturated rings. The van der Waals surface area contributed by atoms with Crippen LogP contribution < -0.4 is 4.90 Å². The van der Waals surface area contributed by atoms with Crippen molar-refractivity contribution in [2.24, 2.45) is 11.8 Å². The Morgan fingerprint density at radius 2 is 1.96 bits per heavy atom. The summed E-state index contributed by atoms with van der Waals surface area (Å²) in [6.07, 6.45) is -0.0948. The van der Waals surface area contributed by atoms with Crippen molar-refractivity contribution >= 4 is 11.8 Å². The second kappa shape index (κ2) is 6.27. The van der Waals surface area contributed by atoms with Gasteiger partial charge in [0.1, 0.15) is 6.10 Å². The Kier molecular flexibility index (Phi) is 3.86. The fraction of sp³-hybridized carbons (Fsp3) is 0.409. The minimum absolute atomic E-state index is 0.160. The minimum Gasteiger partial charge on any atom is -0.463 e. The largest absolute Gasteiger partial charge is 0.463 e. The molecule has 2 aromatic rings. The Bertz CT molecular complexity index is 869. The molecule has 2 aliphatic heterocycles. The highest BCUT2D eigenvalue weighted by Gasteiger charge is 2.47. The van der Waals surface area contributed by atoms with E-state index in [1.165, 1.54) is 22.4 Å². The smallest absolute Gasteiger partial charge is 0.431 e. The highest BCUT2D eigenvalue weighted by atomic mass is 16.7. The lowest BCUT2D eigenvalue weighted by atomic mass is 9.70. The Hall–Kier alpha value is -2.53. The van der Waals surface area contributed by atoms with Crippen LogP contribution in [0.3, 0.4) is 0 Å². The van der Waals surface area contributed by atoms with Gasteiger partial charge in [0, 0.05) is 24.7 Å². The van der Waals surface area contributed by atoms with Gasteiger partial charge >= 0.3 is 6.09 Å². The fourth-order valence-electron chi connectivity index (χ4n) is 5.19. The number of hydrogen-bond donors (Lipinski definition) is 1. The molecular formula is C22H24N2O3. The van der Waals surface area contributed by atoms with Gasteiger partial charge in [0.2, 0.25) is 0 Å². The molecule has 1 saturated heterocycles. The Morgan fingerprint density at radius 1 is 1.15 bits per heavy atom. The quantitative estimate of drug-likeness (QED) is 0.857. The molecular weight excluding hydrogens is 340 g/mol. The second-order valence-corrected chi connectivity index (χ2v) is 8.09. The first-order valence-electron chi connectivity index (χ1n) is 9.70. The molecule has 2 heterocycles. The van der Waals surface area contributed by atoms with Gasteiger partial charge in [-0.1, -0.05) is 49.4 Å². The van der Waals surface area contributed by atoms with E-state index in [-0.39, 0.29) is 6.10 Å². The van der Waals surface area contributed by atoms with Gasteiger partial charge in [0.15, 0.2) is 0 Å². The molecule has 27 heavy (non-hydrogen) atoms. The van der Waals surface area contributed by atoms with Crippen molar-refractivity contribution in [2.45, 2.75) is 31.9 Å². The van der Waals surface area contributed by atoms with E-state index in [0.29, 0.717) is 24.3 Å². The Labute approximate surface area is 159 Å². The number of hydroxylamine groups is 2. The summed E-state index contributed by atoms with van der Waals surface area (Å²) in [6, 6.07) is 17.0. The van der Waals surface area contributed by atoms with Crippen molar-refractivity contribution in [3.8, 4) is 0 Å². The number of carbonyl (C=O) groups is 1. The molecule has 0 spiro atoms. The number of nitrogens with zero attached hydrogens (tertiary/aromatic N) is 2. The average Bonchev–Trinajstić information content (AvgIpc) is 3.02. The van der Waals surface area contributed by atoms with E-state index >= 15 is 0 Å². The number of benzene rings is 2. The molecule has 140 valence electrons. The number of hydrogen-bond acceptors (Lipinski definition) is 3. The molecule has 1 N–H and O–H groups in total. The molecule has 2 aromatic carbocycles. The van der Waals surface area contributed by atoms with Gasteiger partial charge in [0.25, 0.3) is 0 Å². The zero-order valence-electron chi connectivity index (χ0n) is 15.4. The number of amides is 1. The van der Waals surface area contributed by atoms with E-state index in [4.69, 9.17) is 4.84 Å². The van der Waals surface area contributed by atoms with E-state index < -0.39 is 6.09 Å². The molecule has 4 unspecified atom stereocenters. The summed E-state index contributed by atoms with van der Waals surface area (Å²) in [5.41, 5.74) is 5.15. The lowest BCUT2D eigenvalue weighted by molar-refractivity contribution is -0.236. The van der Waals surface area contributed by atoms with Crippen LogP contribution in [0.1, 0.15) is 42.1 Å². The molecule has 1 aliphatic carbocycles. The molecule has 5 heteroatoms. The van der Waals surface area contributed by atoms with Crippen LogP contribution in [-0.2, 0) is 11.4 Å². The summed E-state index contributed by atoms with van der Waals surface area (Å²) in [5, 5.41) is 10.5. The standard InChI is InChI=1S/C22H24N2O3/c1-14-11-24(22(25)26)27-21-17-8-5-9-19-20(17)16(10-18(14)21)13-23(19)12-15-6-3-2-4-7-15/h2-9,14,16,18,21H,10-13H2,1H3,(H,25,26). The van der Waals surface area contributed by atoms with Gasteiger partial charge in [-0.05, 0) is 41.0 Å². The minimum atomic E-state index is -0.999. The molecule has 4 atom stereocenters. The van der Waals surface area contributed by atoms with E-state index in [2.05, 4.69) is 54.3 Å². The van der Waals surface area contributed by atoms with E-state index in [0.717, 1.165) is 24.6 Å². The van der Waals surface area contributed by atoms with Crippen LogP contribution in [0.2, 0.25) is 0 Å². The molecule has 0 radical (unpaired) electrons. The van der Waals surface area contributed by atoms with Gasteiger partial charge in [-0.2, -0.15) is 5.06 Å². The van der Waals surface area contributed by atoms with Crippen molar-refractivity contribution < 1.29 is 14.7 Å². The summed E-state index contributed by atoms with van der Waals surface area (Å²) in [6.45, 7) is 4.54. The SMILES string of the molecule is CC1CN(C(=O)O)OC2c3cccc4c3C(CC12)CN4Cc1ccccc1. The number of rotatable bonds is 2. The third kappa shape index (κ3) is 2.69. The first-order valence-corrected chi connectivity index (χ1v) is 9.70. The highest BCUT2D eigenvalue weighted by molar-refractivity contribution is 5.66.